The minimum absolute atomic E-state index is 0.208. The highest BCUT2D eigenvalue weighted by molar-refractivity contribution is 7.80. The van der Waals surface area contributed by atoms with E-state index in [-0.39, 0.29) is 10.8 Å². The molecule has 1 aromatic heterocycles. The van der Waals surface area contributed by atoms with Crippen molar-refractivity contribution in [2.75, 3.05) is 11.9 Å². The van der Waals surface area contributed by atoms with E-state index in [2.05, 4.69) is 15.5 Å². The van der Waals surface area contributed by atoms with Crippen molar-refractivity contribution in [1.82, 2.24) is 10.2 Å². The summed E-state index contributed by atoms with van der Waals surface area (Å²) in [6.45, 7) is 4.28. The molecule has 0 bridgehead atoms. The van der Waals surface area contributed by atoms with Crippen molar-refractivity contribution < 1.29 is 4.39 Å². The zero-order valence-electron chi connectivity index (χ0n) is 12.0. The van der Waals surface area contributed by atoms with Gasteiger partial charge in [-0.1, -0.05) is 30.4 Å². The van der Waals surface area contributed by atoms with Gasteiger partial charge in [0.25, 0.3) is 0 Å². The van der Waals surface area contributed by atoms with Crippen LogP contribution in [0.1, 0.15) is 22.4 Å². The second kappa shape index (κ2) is 6.58. The van der Waals surface area contributed by atoms with Gasteiger partial charge in [-0.3, -0.25) is 0 Å². The minimum Gasteiger partial charge on any atom is -0.389 e. The van der Waals surface area contributed by atoms with E-state index in [0.717, 1.165) is 11.3 Å². The molecule has 0 spiro atoms. The van der Waals surface area contributed by atoms with Crippen LogP contribution in [-0.2, 0) is 6.42 Å². The molecular weight excluding hydrogens is 287 g/mol. The number of aryl methyl sites for hydroxylation is 1. The second-order valence-corrected chi connectivity index (χ2v) is 5.21. The van der Waals surface area contributed by atoms with E-state index in [1.54, 1.807) is 12.1 Å². The Labute approximate surface area is 128 Å². The van der Waals surface area contributed by atoms with Gasteiger partial charge < -0.3 is 11.1 Å². The molecule has 4 nitrogen and oxygen atoms in total. The summed E-state index contributed by atoms with van der Waals surface area (Å²) < 4.78 is 13.5. The summed E-state index contributed by atoms with van der Waals surface area (Å²) in [6, 6.07) is 6.70. The topological polar surface area (TPSA) is 63.8 Å². The number of nitrogens with two attached hydrogens (primary N) is 1. The molecule has 0 saturated carbocycles. The maximum absolute atomic E-state index is 13.5. The van der Waals surface area contributed by atoms with Gasteiger partial charge in [-0.25, -0.2) is 4.39 Å². The third-order valence-electron chi connectivity index (χ3n) is 3.35. The fraction of sp³-hybridized carbons (Fsp3) is 0.267. The van der Waals surface area contributed by atoms with Crippen molar-refractivity contribution >= 4 is 23.0 Å². The number of thiocarbonyl (C=S) groups is 1. The summed E-state index contributed by atoms with van der Waals surface area (Å²) in [5.41, 5.74) is 8.80. The smallest absolute Gasteiger partial charge is 0.159 e. The second-order valence-electron chi connectivity index (χ2n) is 4.77. The summed E-state index contributed by atoms with van der Waals surface area (Å²) in [7, 11) is 0. The predicted molar refractivity (Wildman–Crippen MR) is 86.0 cm³/mol. The summed E-state index contributed by atoms with van der Waals surface area (Å²) in [5.74, 6) is 0.335. The minimum atomic E-state index is -0.208. The predicted octanol–water partition coefficient (Wildman–Crippen LogP) is 2.52. The molecule has 3 N–H and O–H groups in total. The van der Waals surface area contributed by atoms with Crippen LogP contribution in [0, 0.1) is 19.7 Å². The first kappa shape index (κ1) is 15.3. The van der Waals surface area contributed by atoms with Crippen LogP contribution in [-0.4, -0.2) is 21.7 Å². The van der Waals surface area contributed by atoms with Crippen LogP contribution >= 0.6 is 12.2 Å². The van der Waals surface area contributed by atoms with E-state index in [4.69, 9.17) is 18.0 Å². The molecule has 0 saturated heterocycles. The summed E-state index contributed by atoms with van der Waals surface area (Å²) in [5, 5.41) is 11.3. The monoisotopic (exact) mass is 304 g/mol. The number of benzene rings is 1. The third-order valence-corrected chi connectivity index (χ3v) is 3.55. The zero-order valence-corrected chi connectivity index (χ0v) is 12.8. The Balaban J connectivity index is 2.12. The normalized spacial score (nSPS) is 10.4. The quantitative estimate of drug-likeness (QED) is 0.831. The average Bonchev–Trinajstić information content (AvgIpc) is 2.44. The lowest BCUT2D eigenvalue weighted by atomic mass is 10.1. The Morgan fingerprint density at radius 1 is 1.29 bits per heavy atom. The third kappa shape index (κ3) is 3.52. The molecule has 0 unspecified atom stereocenters. The molecule has 0 aliphatic carbocycles. The molecule has 0 fully saturated rings. The van der Waals surface area contributed by atoms with Gasteiger partial charge >= 0.3 is 0 Å². The van der Waals surface area contributed by atoms with Crippen LogP contribution in [0.25, 0.3) is 0 Å². The van der Waals surface area contributed by atoms with Crippen LogP contribution in [0.2, 0.25) is 0 Å². The maximum atomic E-state index is 13.5. The Kier molecular flexibility index (Phi) is 4.80. The molecule has 0 radical (unpaired) electrons. The molecule has 1 heterocycles. The highest BCUT2D eigenvalue weighted by Gasteiger charge is 2.13. The molecule has 2 rings (SSSR count). The van der Waals surface area contributed by atoms with Crippen molar-refractivity contribution in [2.24, 2.45) is 5.73 Å². The molecule has 6 heteroatoms. The number of anilines is 1. The van der Waals surface area contributed by atoms with Crippen molar-refractivity contribution in [3.63, 3.8) is 0 Å². The lowest BCUT2D eigenvalue weighted by molar-refractivity contribution is 0.610. The number of nitrogens with one attached hydrogen (secondary N) is 1. The lowest BCUT2D eigenvalue weighted by Gasteiger charge is -2.13. The van der Waals surface area contributed by atoms with E-state index in [0.29, 0.717) is 29.9 Å². The molecule has 0 amide bonds. The molecule has 0 aliphatic heterocycles. The fourth-order valence-corrected chi connectivity index (χ4v) is 2.30. The Morgan fingerprint density at radius 2 is 2.00 bits per heavy atom. The number of aromatic nitrogens is 2. The number of halogens is 1. The first-order chi connectivity index (χ1) is 10.0. The molecule has 0 aliphatic rings. The molecule has 0 atom stereocenters. The summed E-state index contributed by atoms with van der Waals surface area (Å²) in [4.78, 5) is 0.277. The number of nitrogens with zero attached hydrogens (tertiary/aromatic N) is 2. The number of rotatable bonds is 5. The lowest BCUT2D eigenvalue weighted by Crippen LogP contribution is -2.19. The Bertz CT molecular complexity index is 673. The van der Waals surface area contributed by atoms with Crippen molar-refractivity contribution in [3.05, 3.63) is 52.5 Å². The van der Waals surface area contributed by atoms with E-state index in [1.165, 1.54) is 6.07 Å². The Morgan fingerprint density at radius 3 is 2.67 bits per heavy atom. The van der Waals surface area contributed by atoms with E-state index < -0.39 is 0 Å². The molecule has 2 aromatic rings. The molecular formula is C15H17FN4S. The fourth-order valence-electron chi connectivity index (χ4n) is 2.05. The zero-order chi connectivity index (χ0) is 15.4. The number of hydrogen-bond donors (Lipinski definition) is 2. The highest BCUT2D eigenvalue weighted by atomic mass is 32.1. The summed E-state index contributed by atoms with van der Waals surface area (Å²) in [6.07, 6.45) is 0.540. The first-order valence-electron chi connectivity index (χ1n) is 6.61. The largest absolute Gasteiger partial charge is 0.389 e. The van der Waals surface area contributed by atoms with E-state index in [1.807, 2.05) is 19.9 Å². The standard InChI is InChI=1S/C15H17FN4S/c1-9-10(2)19-20-15(13(9)14(17)21)18-8-7-11-5-3-4-6-12(11)16/h3-6H,7-8H2,1-2H3,(H2,17,21)(H,18,20). The molecule has 110 valence electrons. The van der Waals surface area contributed by atoms with Gasteiger partial charge in [-0.05, 0) is 37.5 Å². The van der Waals surface area contributed by atoms with Crippen LogP contribution in [0.3, 0.4) is 0 Å². The van der Waals surface area contributed by atoms with Gasteiger partial charge in [0.05, 0.1) is 11.3 Å². The van der Waals surface area contributed by atoms with Crippen LogP contribution < -0.4 is 11.1 Å². The van der Waals surface area contributed by atoms with Crippen molar-refractivity contribution in [2.45, 2.75) is 20.3 Å². The summed E-state index contributed by atoms with van der Waals surface area (Å²) >= 11 is 5.07. The van der Waals surface area contributed by atoms with Crippen LogP contribution in [0.4, 0.5) is 10.2 Å². The maximum Gasteiger partial charge on any atom is 0.159 e. The van der Waals surface area contributed by atoms with Gasteiger partial charge in [-0.15, -0.1) is 5.10 Å². The van der Waals surface area contributed by atoms with Gasteiger partial charge in [-0.2, -0.15) is 5.10 Å². The van der Waals surface area contributed by atoms with E-state index in [9.17, 15) is 4.39 Å². The van der Waals surface area contributed by atoms with E-state index >= 15 is 0 Å². The van der Waals surface area contributed by atoms with Crippen molar-refractivity contribution in [1.29, 1.82) is 0 Å². The van der Waals surface area contributed by atoms with Gasteiger partial charge in [0.1, 0.15) is 10.8 Å². The van der Waals surface area contributed by atoms with Crippen molar-refractivity contribution in [3.8, 4) is 0 Å². The molecule has 1 aromatic carbocycles. The van der Waals surface area contributed by atoms with Gasteiger partial charge in [0.2, 0.25) is 0 Å². The number of hydrogen-bond acceptors (Lipinski definition) is 4. The average molecular weight is 304 g/mol. The first-order valence-corrected chi connectivity index (χ1v) is 7.02. The Hall–Kier alpha value is -2.08. The van der Waals surface area contributed by atoms with Crippen LogP contribution in [0.15, 0.2) is 24.3 Å². The van der Waals surface area contributed by atoms with Crippen LogP contribution in [0.5, 0.6) is 0 Å². The molecule has 21 heavy (non-hydrogen) atoms. The van der Waals surface area contributed by atoms with Gasteiger partial charge in [0.15, 0.2) is 5.82 Å². The van der Waals surface area contributed by atoms with Gasteiger partial charge in [0, 0.05) is 6.54 Å². The highest BCUT2D eigenvalue weighted by Crippen LogP contribution is 2.18. The SMILES string of the molecule is Cc1nnc(NCCc2ccccc2F)c(C(N)=S)c1C.